The second kappa shape index (κ2) is 10.6. The van der Waals surface area contributed by atoms with Crippen LogP contribution in [-0.2, 0) is 29.0 Å². The van der Waals surface area contributed by atoms with Gasteiger partial charge < -0.3 is 15.4 Å². The molecule has 0 spiro atoms. The van der Waals surface area contributed by atoms with Crippen molar-refractivity contribution in [3.8, 4) is 0 Å². The summed E-state index contributed by atoms with van der Waals surface area (Å²) >= 11 is 0. The fourth-order valence-corrected chi connectivity index (χ4v) is 5.16. The van der Waals surface area contributed by atoms with Gasteiger partial charge in [-0.2, -0.15) is 23.3 Å². The highest BCUT2D eigenvalue weighted by Crippen LogP contribution is 2.35. The molecule has 0 atom stereocenters. The van der Waals surface area contributed by atoms with Crippen LogP contribution in [0.2, 0.25) is 25.7 Å². The Bertz CT molecular complexity index is 1490. The van der Waals surface area contributed by atoms with Gasteiger partial charge in [0.25, 0.3) is 0 Å². The number of carbonyl (C=O) groups excluding carboxylic acids is 1. The molecular formula is C25H31F3N8O2Si. The van der Waals surface area contributed by atoms with Gasteiger partial charge in [0.05, 0.1) is 17.8 Å². The molecule has 14 heteroatoms. The van der Waals surface area contributed by atoms with Crippen LogP contribution in [0.3, 0.4) is 0 Å². The number of hydrogen-bond donors (Lipinski definition) is 2. The molecule has 0 aliphatic carbocycles. The molecule has 4 aromatic rings. The third-order valence-electron chi connectivity index (χ3n) is 6.43. The molecule has 4 heterocycles. The maximum absolute atomic E-state index is 13.7. The molecule has 39 heavy (non-hydrogen) atoms. The first kappa shape index (κ1) is 27.1. The molecule has 10 nitrogen and oxygen atoms in total. The number of hydrogen-bond acceptors (Lipinski definition) is 7. The van der Waals surface area contributed by atoms with Gasteiger partial charge in [0, 0.05) is 45.4 Å². The molecule has 0 saturated carbocycles. The standard InChI is InChI=1S/C25H31F3N8O2Si/c1-39(2,3)12-11-38-16-35-20-13-17(7-8-19(20)23(32-35)25(26,27)28)30-24-31-21-6-4-5-18(36(21)33-24)14-34-10-9-29-22(37)15-34/h4-8,13H,9-12,14-16H2,1-3H3,(H,29,37)(H,30,33). The van der Waals surface area contributed by atoms with E-state index in [0.717, 1.165) is 18.3 Å². The van der Waals surface area contributed by atoms with Gasteiger partial charge in [0.1, 0.15) is 6.73 Å². The second-order valence-electron chi connectivity index (χ2n) is 10.8. The number of benzene rings is 1. The van der Waals surface area contributed by atoms with Gasteiger partial charge in [-0.05, 0) is 36.4 Å². The number of nitrogens with zero attached hydrogens (tertiary/aromatic N) is 6. The minimum absolute atomic E-state index is 0.00217. The van der Waals surface area contributed by atoms with Gasteiger partial charge in [-0.1, -0.05) is 25.7 Å². The van der Waals surface area contributed by atoms with Crippen LogP contribution in [0.25, 0.3) is 16.6 Å². The average molecular weight is 561 g/mol. The number of pyridine rings is 1. The quantitative estimate of drug-likeness (QED) is 0.235. The first-order valence-electron chi connectivity index (χ1n) is 12.7. The molecule has 0 unspecified atom stereocenters. The molecule has 1 aliphatic rings. The molecule has 1 saturated heterocycles. The van der Waals surface area contributed by atoms with Crippen molar-refractivity contribution in [2.45, 2.75) is 45.1 Å². The minimum atomic E-state index is -4.59. The first-order valence-corrected chi connectivity index (χ1v) is 16.4. The Morgan fingerprint density at radius 3 is 2.72 bits per heavy atom. The third kappa shape index (κ3) is 6.40. The van der Waals surface area contributed by atoms with Gasteiger partial charge in [-0.25, -0.2) is 9.20 Å². The second-order valence-corrected chi connectivity index (χ2v) is 16.5. The van der Waals surface area contributed by atoms with Crippen LogP contribution in [0.4, 0.5) is 24.8 Å². The monoisotopic (exact) mass is 560 g/mol. The van der Waals surface area contributed by atoms with Crippen LogP contribution in [-0.4, -0.2) is 69.5 Å². The van der Waals surface area contributed by atoms with E-state index in [1.807, 2.05) is 23.1 Å². The summed E-state index contributed by atoms with van der Waals surface area (Å²) in [7, 11) is -1.34. The maximum atomic E-state index is 13.7. The van der Waals surface area contributed by atoms with E-state index >= 15 is 0 Å². The molecule has 208 valence electrons. The summed E-state index contributed by atoms with van der Waals surface area (Å²) in [6.07, 6.45) is -4.59. The van der Waals surface area contributed by atoms with Crippen LogP contribution >= 0.6 is 0 Å². The third-order valence-corrected chi connectivity index (χ3v) is 8.13. The number of anilines is 2. The Hall–Kier alpha value is -3.49. The Balaban J connectivity index is 1.39. The number of carbonyl (C=O) groups is 1. The van der Waals surface area contributed by atoms with Crippen molar-refractivity contribution < 1.29 is 22.7 Å². The van der Waals surface area contributed by atoms with Gasteiger partial charge in [-0.3, -0.25) is 9.69 Å². The van der Waals surface area contributed by atoms with Crippen LogP contribution < -0.4 is 10.6 Å². The number of halogens is 3. The van der Waals surface area contributed by atoms with E-state index in [-0.39, 0.29) is 18.0 Å². The van der Waals surface area contributed by atoms with E-state index in [2.05, 4.69) is 45.5 Å². The largest absolute Gasteiger partial charge is 0.435 e. The summed E-state index contributed by atoms with van der Waals surface area (Å²) in [6, 6.07) is 11.1. The van der Waals surface area contributed by atoms with Gasteiger partial charge in [-0.15, -0.1) is 5.10 Å². The molecular weight excluding hydrogens is 529 g/mol. The predicted molar refractivity (Wildman–Crippen MR) is 143 cm³/mol. The zero-order valence-electron chi connectivity index (χ0n) is 22.0. The minimum Gasteiger partial charge on any atom is -0.360 e. The zero-order chi connectivity index (χ0) is 27.8. The fraction of sp³-hybridized carbons (Fsp3) is 0.440. The van der Waals surface area contributed by atoms with E-state index < -0.39 is 19.9 Å². The van der Waals surface area contributed by atoms with E-state index in [1.54, 1.807) is 16.6 Å². The molecule has 2 N–H and O–H groups in total. The highest BCUT2D eigenvalue weighted by Gasteiger charge is 2.37. The molecule has 0 bridgehead atoms. The number of nitrogens with one attached hydrogen (secondary N) is 2. The van der Waals surface area contributed by atoms with Crippen LogP contribution in [0, 0.1) is 0 Å². The smallest absolute Gasteiger partial charge is 0.360 e. The SMILES string of the molecule is C[Si](C)(C)CCOCn1nc(C(F)(F)F)c2ccc(Nc3nc4cccc(CN5CCNC(=O)C5)n4n3)cc21. The Morgan fingerprint density at radius 1 is 1.15 bits per heavy atom. The fourth-order valence-electron chi connectivity index (χ4n) is 4.41. The molecule has 1 aromatic carbocycles. The molecule has 3 aromatic heterocycles. The number of piperazine rings is 1. The first-order chi connectivity index (χ1) is 18.5. The number of ether oxygens (including phenoxy) is 1. The number of alkyl halides is 3. The van der Waals surface area contributed by atoms with Crippen LogP contribution in [0.5, 0.6) is 0 Å². The Kier molecular flexibility index (Phi) is 7.35. The highest BCUT2D eigenvalue weighted by molar-refractivity contribution is 6.76. The van der Waals surface area contributed by atoms with Crippen molar-refractivity contribution >= 4 is 42.2 Å². The number of rotatable bonds is 9. The Labute approximate surface area is 224 Å². The summed E-state index contributed by atoms with van der Waals surface area (Å²) in [6.45, 7) is 9.18. The molecule has 1 fully saturated rings. The average Bonchev–Trinajstić information content (AvgIpc) is 3.43. The molecule has 1 amide bonds. The van der Waals surface area contributed by atoms with Crippen LogP contribution in [0.1, 0.15) is 11.4 Å². The van der Waals surface area contributed by atoms with Gasteiger partial charge in [0.2, 0.25) is 11.9 Å². The van der Waals surface area contributed by atoms with E-state index in [0.29, 0.717) is 49.0 Å². The lowest BCUT2D eigenvalue weighted by atomic mass is 10.2. The van der Waals surface area contributed by atoms with Crippen molar-refractivity contribution in [3.05, 3.63) is 47.8 Å². The molecule has 0 radical (unpaired) electrons. The lowest BCUT2D eigenvalue weighted by molar-refractivity contribution is -0.140. The highest BCUT2D eigenvalue weighted by atomic mass is 28.3. The lowest BCUT2D eigenvalue weighted by Gasteiger charge is -2.26. The normalized spacial score (nSPS) is 15.3. The Morgan fingerprint density at radius 2 is 1.97 bits per heavy atom. The van der Waals surface area contributed by atoms with Crippen molar-refractivity contribution in [1.29, 1.82) is 0 Å². The van der Waals surface area contributed by atoms with Crippen molar-refractivity contribution in [3.63, 3.8) is 0 Å². The number of fused-ring (bicyclic) bond motifs is 2. The maximum Gasteiger partial charge on any atom is 0.435 e. The summed E-state index contributed by atoms with van der Waals surface area (Å²) < 4.78 is 49.7. The predicted octanol–water partition coefficient (Wildman–Crippen LogP) is 4.09. The van der Waals surface area contributed by atoms with E-state index in [1.165, 1.54) is 10.7 Å². The zero-order valence-corrected chi connectivity index (χ0v) is 23.0. The van der Waals surface area contributed by atoms with Gasteiger partial charge in [0.15, 0.2) is 11.3 Å². The molecule has 5 rings (SSSR count). The molecule has 1 aliphatic heterocycles. The summed E-state index contributed by atoms with van der Waals surface area (Å²) in [5.74, 6) is 0.283. The van der Waals surface area contributed by atoms with Crippen molar-refractivity contribution in [2.24, 2.45) is 0 Å². The van der Waals surface area contributed by atoms with Crippen molar-refractivity contribution in [1.82, 2.24) is 34.6 Å². The van der Waals surface area contributed by atoms with Crippen LogP contribution in [0.15, 0.2) is 36.4 Å². The van der Waals surface area contributed by atoms with Crippen molar-refractivity contribution in [2.75, 3.05) is 31.6 Å². The number of aromatic nitrogens is 5. The lowest BCUT2D eigenvalue weighted by Crippen LogP contribution is -2.47. The van der Waals surface area contributed by atoms with Gasteiger partial charge >= 0.3 is 6.18 Å². The number of amides is 1. The van der Waals surface area contributed by atoms with E-state index in [9.17, 15) is 18.0 Å². The van der Waals surface area contributed by atoms with E-state index in [4.69, 9.17) is 4.74 Å². The summed E-state index contributed by atoms with van der Waals surface area (Å²) in [5.41, 5.74) is 1.34. The summed E-state index contributed by atoms with van der Waals surface area (Å²) in [5, 5.41) is 14.3. The topological polar surface area (TPSA) is 102 Å². The summed E-state index contributed by atoms with van der Waals surface area (Å²) in [4.78, 5) is 18.3.